The van der Waals surface area contributed by atoms with E-state index < -0.39 is 0 Å². The van der Waals surface area contributed by atoms with Crippen LogP contribution in [0.4, 0.5) is 0 Å². The lowest BCUT2D eigenvalue weighted by molar-refractivity contribution is -0.130. The maximum atomic E-state index is 12.0. The first-order chi connectivity index (χ1) is 10.1. The van der Waals surface area contributed by atoms with E-state index in [1.165, 1.54) is 0 Å². The summed E-state index contributed by atoms with van der Waals surface area (Å²) in [5.74, 6) is 0.254. The van der Waals surface area contributed by atoms with Gasteiger partial charge in [-0.2, -0.15) is 0 Å². The van der Waals surface area contributed by atoms with Gasteiger partial charge >= 0.3 is 0 Å². The van der Waals surface area contributed by atoms with Crippen molar-refractivity contribution in [2.24, 2.45) is 0 Å². The molecule has 0 bridgehead atoms. The van der Waals surface area contributed by atoms with Crippen molar-refractivity contribution in [3.63, 3.8) is 0 Å². The fourth-order valence-electron chi connectivity index (χ4n) is 2.70. The second-order valence-corrected chi connectivity index (χ2v) is 6.24. The third kappa shape index (κ3) is 4.60. The Bertz CT molecular complexity index is 487. The van der Waals surface area contributed by atoms with Crippen LogP contribution in [0.2, 0.25) is 10.0 Å². The van der Waals surface area contributed by atoms with E-state index in [0.29, 0.717) is 23.0 Å². The topological polar surface area (TPSA) is 32.3 Å². The number of carbonyl (C=O) groups is 1. The van der Waals surface area contributed by atoms with Crippen LogP contribution >= 0.6 is 23.2 Å². The SMILES string of the molecule is CCC(NCCC(=O)N1CCCC1)c1ccc(Cl)c(Cl)c1. The first-order valence-corrected chi connectivity index (χ1v) is 8.33. The monoisotopic (exact) mass is 328 g/mol. The predicted molar refractivity (Wildman–Crippen MR) is 87.9 cm³/mol. The Morgan fingerprint density at radius 1 is 1.29 bits per heavy atom. The van der Waals surface area contributed by atoms with E-state index in [4.69, 9.17) is 23.2 Å². The Morgan fingerprint density at radius 2 is 2.00 bits per heavy atom. The number of carbonyl (C=O) groups excluding carboxylic acids is 1. The van der Waals surface area contributed by atoms with Crippen LogP contribution in [0, 0.1) is 0 Å². The molecule has 2 rings (SSSR count). The van der Waals surface area contributed by atoms with Gasteiger partial charge in [-0.25, -0.2) is 0 Å². The molecule has 1 amide bonds. The predicted octanol–water partition coefficient (Wildman–Crippen LogP) is 4.05. The zero-order valence-electron chi connectivity index (χ0n) is 12.4. The molecule has 116 valence electrons. The Kier molecular flexibility index (Phi) is 6.34. The van der Waals surface area contributed by atoms with Gasteiger partial charge < -0.3 is 10.2 Å². The van der Waals surface area contributed by atoms with Crippen LogP contribution in [0.15, 0.2) is 18.2 Å². The Labute approximate surface area is 136 Å². The highest BCUT2D eigenvalue weighted by Gasteiger charge is 2.18. The van der Waals surface area contributed by atoms with Crippen LogP contribution < -0.4 is 5.32 Å². The fraction of sp³-hybridized carbons (Fsp3) is 0.562. The first kappa shape index (κ1) is 16.6. The van der Waals surface area contributed by atoms with Crippen LogP contribution in [-0.2, 0) is 4.79 Å². The molecule has 1 atom stereocenters. The van der Waals surface area contributed by atoms with Gasteiger partial charge in [0.05, 0.1) is 10.0 Å². The van der Waals surface area contributed by atoms with E-state index in [-0.39, 0.29) is 11.9 Å². The molecule has 0 aliphatic carbocycles. The highest BCUT2D eigenvalue weighted by Crippen LogP contribution is 2.26. The molecule has 1 fully saturated rings. The summed E-state index contributed by atoms with van der Waals surface area (Å²) in [4.78, 5) is 14.0. The van der Waals surface area contributed by atoms with Crippen molar-refractivity contribution in [1.82, 2.24) is 10.2 Å². The minimum atomic E-state index is 0.200. The van der Waals surface area contributed by atoms with Crippen molar-refractivity contribution in [3.8, 4) is 0 Å². The third-order valence-electron chi connectivity index (χ3n) is 3.94. The summed E-state index contributed by atoms with van der Waals surface area (Å²) in [5.41, 5.74) is 1.11. The third-order valence-corrected chi connectivity index (χ3v) is 4.68. The summed E-state index contributed by atoms with van der Waals surface area (Å²) in [5, 5.41) is 4.58. The summed E-state index contributed by atoms with van der Waals surface area (Å²) in [6.07, 6.45) is 3.77. The molecule has 1 unspecified atom stereocenters. The highest BCUT2D eigenvalue weighted by atomic mass is 35.5. The van der Waals surface area contributed by atoms with Crippen LogP contribution in [0.3, 0.4) is 0 Å². The van der Waals surface area contributed by atoms with Crippen molar-refractivity contribution < 1.29 is 4.79 Å². The van der Waals surface area contributed by atoms with Gasteiger partial charge in [-0.3, -0.25) is 4.79 Å². The minimum Gasteiger partial charge on any atom is -0.343 e. The molecule has 21 heavy (non-hydrogen) atoms. The van der Waals surface area contributed by atoms with Gasteiger partial charge in [0.25, 0.3) is 0 Å². The quantitative estimate of drug-likeness (QED) is 0.854. The van der Waals surface area contributed by atoms with E-state index in [0.717, 1.165) is 37.9 Å². The molecule has 1 aromatic carbocycles. The summed E-state index contributed by atoms with van der Waals surface area (Å²) in [6.45, 7) is 4.64. The molecule has 5 heteroatoms. The molecule has 3 nitrogen and oxygen atoms in total. The molecule has 0 radical (unpaired) electrons. The van der Waals surface area contributed by atoms with Gasteiger partial charge in [0.15, 0.2) is 0 Å². The van der Waals surface area contributed by atoms with Gasteiger partial charge in [-0.1, -0.05) is 36.2 Å². The summed E-state index contributed by atoms with van der Waals surface area (Å²) < 4.78 is 0. The summed E-state index contributed by atoms with van der Waals surface area (Å²) in [7, 11) is 0. The summed E-state index contributed by atoms with van der Waals surface area (Å²) >= 11 is 12.0. The number of halogens is 2. The number of benzene rings is 1. The maximum absolute atomic E-state index is 12.0. The number of amides is 1. The van der Waals surface area contributed by atoms with E-state index in [2.05, 4.69) is 12.2 Å². The van der Waals surface area contributed by atoms with Crippen molar-refractivity contribution in [1.29, 1.82) is 0 Å². The van der Waals surface area contributed by atoms with Crippen LogP contribution in [0.25, 0.3) is 0 Å². The molecule has 0 aromatic heterocycles. The van der Waals surface area contributed by atoms with E-state index >= 15 is 0 Å². The lowest BCUT2D eigenvalue weighted by atomic mass is 10.0. The lowest BCUT2D eigenvalue weighted by Gasteiger charge is -2.19. The zero-order valence-corrected chi connectivity index (χ0v) is 13.9. The van der Waals surface area contributed by atoms with Crippen molar-refractivity contribution in [3.05, 3.63) is 33.8 Å². The van der Waals surface area contributed by atoms with E-state index in [1.807, 2.05) is 23.1 Å². The molecule has 1 aliphatic heterocycles. The Hall–Kier alpha value is -0.770. The van der Waals surface area contributed by atoms with Crippen molar-refractivity contribution >= 4 is 29.1 Å². The van der Waals surface area contributed by atoms with E-state index in [9.17, 15) is 4.79 Å². The van der Waals surface area contributed by atoms with Gasteiger partial charge in [-0.15, -0.1) is 0 Å². The average molecular weight is 329 g/mol. The molecule has 1 N–H and O–H groups in total. The smallest absolute Gasteiger partial charge is 0.223 e. The largest absolute Gasteiger partial charge is 0.343 e. The van der Waals surface area contributed by atoms with E-state index in [1.54, 1.807) is 0 Å². The fourth-order valence-corrected chi connectivity index (χ4v) is 3.01. The molecule has 1 aromatic rings. The summed E-state index contributed by atoms with van der Waals surface area (Å²) in [6, 6.07) is 5.90. The van der Waals surface area contributed by atoms with Crippen molar-refractivity contribution in [2.45, 2.75) is 38.6 Å². The number of hydrogen-bond donors (Lipinski definition) is 1. The number of nitrogens with one attached hydrogen (secondary N) is 1. The van der Waals surface area contributed by atoms with Crippen molar-refractivity contribution in [2.75, 3.05) is 19.6 Å². The van der Waals surface area contributed by atoms with Gasteiger partial charge in [0, 0.05) is 32.1 Å². The minimum absolute atomic E-state index is 0.200. The van der Waals surface area contributed by atoms with Crippen LogP contribution in [0.1, 0.15) is 44.2 Å². The molecular weight excluding hydrogens is 307 g/mol. The van der Waals surface area contributed by atoms with Gasteiger partial charge in [0.1, 0.15) is 0 Å². The average Bonchev–Trinajstić information content (AvgIpc) is 3.01. The molecule has 0 saturated carbocycles. The normalized spacial score (nSPS) is 16.2. The lowest BCUT2D eigenvalue weighted by Crippen LogP contribution is -2.31. The second kappa shape index (κ2) is 8.02. The van der Waals surface area contributed by atoms with Crippen LogP contribution in [0.5, 0.6) is 0 Å². The zero-order chi connectivity index (χ0) is 15.2. The molecule has 1 heterocycles. The first-order valence-electron chi connectivity index (χ1n) is 7.58. The number of hydrogen-bond acceptors (Lipinski definition) is 2. The van der Waals surface area contributed by atoms with Crippen LogP contribution in [-0.4, -0.2) is 30.4 Å². The molecule has 1 aliphatic rings. The molecular formula is C16H22Cl2N2O. The number of nitrogens with zero attached hydrogens (tertiary/aromatic N) is 1. The van der Waals surface area contributed by atoms with Gasteiger partial charge in [-0.05, 0) is 37.0 Å². The van der Waals surface area contributed by atoms with Gasteiger partial charge in [0.2, 0.25) is 5.91 Å². The highest BCUT2D eigenvalue weighted by molar-refractivity contribution is 6.42. The maximum Gasteiger partial charge on any atom is 0.223 e. The standard InChI is InChI=1S/C16H22Cl2N2O/c1-2-15(12-5-6-13(17)14(18)11-12)19-8-7-16(21)20-9-3-4-10-20/h5-6,11,15,19H,2-4,7-10H2,1H3. The number of likely N-dealkylation sites (tertiary alicyclic amines) is 1. The molecule has 1 saturated heterocycles. The Balaban J connectivity index is 1.84. The second-order valence-electron chi connectivity index (χ2n) is 5.43. The Morgan fingerprint density at radius 3 is 2.62 bits per heavy atom. The number of rotatable bonds is 6. The molecule has 0 spiro atoms.